The summed E-state index contributed by atoms with van der Waals surface area (Å²) >= 11 is 1.38. The molecule has 0 aliphatic heterocycles. The number of thiazole rings is 1. The second-order valence-corrected chi connectivity index (χ2v) is 5.51. The lowest BCUT2D eigenvalue weighted by molar-refractivity contribution is -0.141. The van der Waals surface area contributed by atoms with Gasteiger partial charge in [0, 0.05) is 11.6 Å². The van der Waals surface area contributed by atoms with Crippen LogP contribution < -0.4 is 10.6 Å². The summed E-state index contributed by atoms with van der Waals surface area (Å²) < 4.78 is 0. The van der Waals surface area contributed by atoms with E-state index < -0.39 is 29.7 Å². The zero-order valence-corrected chi connectivity index (χ0v) is 11.7. The van der Waals surface area contributed by atoms with E-state index in [1.165, 1.54) is 18.3 Å². The molecule has 8 heteroatoms. The Kier molecular flexibility index (Phi) is 4.84. The first kappa shape index (κ1) is 15.4. The number of carbonyl (C=O) groups excluding carboxylic acids is 1. The Labute approximate surface area is 114 Å². The van der Waals surface area contributed by atoms with Gasteiger partial charge in [0.05, 0.1) is 11.6 Å². The van der Waals surface area contributed by atoms with Gasteiger partial charge in [-0.1, -0.05) is 0 Å². The minimum Gasteiger partial charge on any atom is -0.480 e. The molecule has 0 aliphatic carbocycles. The van der Waals surface area contributed by atoms with Gasteiger partial charge < -0.3 is 20.8 Å². The average molecular weight is 287 g/mol. The first-order valence-corrected chi connectivity index (χ1v) is 6.51. The van der Waals surface area contributed by atoms with Gasteiger partial charge >= 0.3 is 12.0 Å². The van der Waals surface area contributed by atoms with Crippen LogP contribution in [0.1, 0.15) is 25.8 Å². The number of carbonyl (C=O) groups is 2. The maximum Gasteiger partial charge on any atom is 0.328 e. The summed E-state index contributed by atoms with van der Waals surface area (Å²) in [6.45, 7) is 4.80. The second kappa shape index (κ2) is 5.98. The molecule has 4 N–H and O–H groups in total. The van der Waals surface area contributed by atoms with Crippen LogP contribution in [0.5, 0.6) is 0 Å². The molecule has 1 heterocycles. The van der Waals surface area contributed by atoms with E-state index in [-0.39, 0.29) is 0 Å². The predicted octanol–water partition coefficient (Wildman–Crippen LogP) is 0.511. The molecule has 2 atom stereocenters. The van der Waals surface area contributed by atoms with Crippen molar-refractivity contribution in [1.82, 2.24) is 15.6 Å². The van der Waals surface area contributed by atoms with Crippen LogP contribution in [0.2, 0.25) is 0 Å². The van der Waals surface area contributed by atoms with Crippen LogP contribution in [-0.2, 0) is 10.3 Å². The topological polar surface area (TPSA) is 112 Å². The Morgan fingerprint density at radius 1 is 1.47 bits per heavy atom. The van der Waals surface area contributed by atoms with Crippen molar-refractivity contribution in [3.8, 4) is 0 Å². The molecule has 0 aromatic carbocycles. The van der Waals surface area contributed by atoms with Crippen molar-refractivity contribution in [2.24, 2.45) is 0 Å². The number of amides is 2. The highest BCUT2D eigenvalue weighted by atomic mass is 32.1. The van der Waals surface area contributed by atoms with Gasteiger partial charge in [-0.3, -0.25) is 0 Å². The Bertz CT molecular complexity index is 445. The fourth-order valence-corrected chi connectivity index (χ4v) is 2.15. The summed E-state index contributed by atoms with van der Waals surface area (Å²) in [5.41, 5.74) is -0.722. The van der Waals surface area contributed by atoms with Crippen molar-refractivity contribution in [3.63, 3.8) is 0 Å². The molecule has 0 bridgehead atoms. The predicted molar refractivity (Wildman–Crippen MR) is 69.9 cm³/mol. The monoisotopic (exact) mass is 287 g/mol. The lowest BCUT2D eigenvalue weighted by atomic mass is 10.1. The van der Waals surface area contributed by atoms with Gasteiger partial charge in [-0.2, -0.15) is 0 Å². The number of hydrogen-bond acceptors (Lipinski definition) is 5. The van der Waals surface area contributed by atoms with E-state index in [9.17, 15) is 14.7 Å². The summed E-state index contributed by atoms with van der Waals surface area (Å²) in [5, 5.41) is 25.5. The van der Waals surface area contributed by atoms with Crippen LogP contribution in [0, 0.1) is 0 Å². The fourth-order valence-electron chi connectivity index (χ4n) is 1.44. The number of nitrogens with one attached hydrogen (secondary N) is 2. The molecular formula is C11H17N3O4S. The molecule has 0 saturated heterocycles. The molecule has 0 spiro atoms. The fraction of sp³-hybridized carbons (Fsp3) is 0.545. The molecule has 1 rings (SSSR count). The van der Waals surface area contributed by atoms with Crippen LogP contribution in [0.3, 0.4) is 0 Å². The summed E-state index contributed by atoms with van der Waals surface area (Å²) in [4.78, 5) is 26.7. The first-order valence-electron chi connectivity index (χ1n) is 5.63. The van der Waals surface area contributed by atoms with Crippen LogP contribution in [-0.4, -0.2) is 39.3 Å². The van der Waals surface area contributed by atoms with Crippen molar-refractivity contribution in [2.45, 2.75) is 38.5 Å². The van der Waals surface area contributed by atoms with Gasteiger partial charge in [0.25, 0.3) is 0 Å². The molecule has 1 aromatic rings. The van der Waals surface area contributed by atoms with E-state index in [1.54, 1.807) is 25.4 Å². The van der Waals surface area contributed by atoms with Crippen molar-refractivity contribution in [2.75, 3.05) is 0 Å². The zero-order chi connectivity index (χ0) is 14.6. The van der Waals surface area contributed by atoms with E-state index in [0.29, 0.717) is 5.01 Å². The lowest BCUT2D eigenvalue weighted by Crippen LogP contribution is -2.54. The van der Waals surface area contributed by atoms with Crippen molar-refractivity contribution < 1.29 is 19.8 Å². The lowest BCUT2D eigenvalue weighted by Gasteiger charge is -2.26. The number of carboxylic acids is 1. The molecular weight excluding hydrogens is 270 g/mol. The Balaban J connectivity index is 2.67. The van der Waals surface area contributed by atoms with E-state index in [2.05, 4.69) is 15.6 Å². The molecule has 1 aromatic heterocycles. The minimum atomic E-state index is -1.35. The standard InChI is InChI=1S/C11H17N3O4S/c1-6(15)7(8(16)17)13-10(18)14-11(2,3)9-12-4-5-19-9/h4-7,15H,1-3H3,(H,16,17)(H2,13,14,18)/t6-,7+/m1/s1. The number of nitrogens with zero attached hydrogens (tertiary/aromatic N) is 1. The Morgan fingerprint density at radius 2 is 2.11 bits per heavy atom. The molecule has 0 unspecified atom stereocenters. The van der Waals surface area contributed by atoms with Gasteiger partial charge in [-0.25, -0.2) is 14.6 Å². The maximum absolute atomic E-state index is 11.8. The van der Waals surface area contributed by atoms with Gasteiger partial charge in [-0.05, 0) is 20.8 Å². The summed E-state index contributed by atoms with van der Waals surface area (Å²) in [7, 11) is 0. The zero-order valence-electron chi connectivity index (χ0n) is 10.9. The van der Waals surface area contributed by atoms with Crippen LogP contribution in [0.15, 0.2) is 11.6 Å². The molecule has 0 radical (unpaired) electrons. The van der Waals surface area contributed by atoms with Crippen molar-refractivity contribution in [3.05, 3.63) is 16.6 Å². The maximum atomic E-state index is 11.8. The molecule has 19 heavy (non-hydrogen) atoms. The normalized spacial score (nSPS) is 14.5. The average Bonchev–Trinajstić information content (AvgIpc) is 2.78. The van der Waals surface area contributed by atoms with E-state index >= 15 is 0 Å². The molecule has 106 valence electrons. The minimum absolute atomic E-state index is 0.673. The van der Waals surface area contributed by atoms with Crippen LogP contribution in [0.4, 0.5) is 4.79 Å². The number of aliphatic hydroxyl groups is 1. The number of hydrogen-bond donors (Lipinski definition) is 4. The van der Waals surface area contributed by atoms with Gasteiger partial charge in [0.1, 0.15) is 5.01 Å². The largest absolute Gasteiger partial charge is 0.480 e. The quantitative estimate of drug-likeness (QED) is 0.630. The third-order valence-electron chi connectivity index (χ3n) is 2.43. The van der Waals surface area contributed by atoms with Crippen molar-refractivity contribution >= 4 is 23.3 Å². The molecule has 0 fully saturated rings. The third kappa shape index (κ3) is 4.18. The van der Waals surface area contributed by atoms with Gasteiger partial charge in [-0.15, -0.1) is 11.3 Å². The Hall–Kier alpha value is -1.67. The number of urea groups is 1. The molecule has 0 aliphatic rings. The highest BCUT2D eigenvalue weighted by Gasteiger charge is 2.29. The number of aromatic nitrogens is 1. The molecule has 0 saturated carbocycles. The van der Waals surface area contributed by atoms with Crippen molar-refractivity contribution in [1.29, 1.82) is 0 Å². The Morgan fingerprint density at radius 3 is 2.53 bits per heavy atom. The SMILES string of the molecule is C[C@@H](O)[C@H](NC(=O)NC(C)(C)c1nccs1)C(=O)O. The van der Waals surface area contributed by atoms with Crippen LogP contribution >= 0.6 is 11.3 Å². The highest BCUT2D eigenvalue weighted by molar-refractivity contribution is 7.09. The highest BCUT2D eigenvalue weighted by Crippen LogP contribution is 2.21. The number of aliphatic hydroxyl groups excluding tert-OH is 1. The number of carboxylic acid groups (broad SMARTS) is 1. The number of aliphatic carboxylic acids is 1. The smallest absolute Gasteiger partial charge is 0.328 e. The summed E-state index contributed by atoms with van der Waals surface area (Å²) in [5.74, 6) is -1.29. The number of rotatable bonds is 5. The molecule has 2 amide bonds. The van der Waals surface area contributed by atoms with E-state index in [0.717, 1.165) is 0 Å². The van der Waals surface area contributed by atoms with Gasteiger partial charge in [0.2, 0.25) is 0 Å². The second-order valence-electron chi connectivity index (χ2n) is 4.62. The summed E-state index contributed by atoms with van der Waals surface area (Å²) in [6.07, 6.45) is 0.434. The summed E-state index contributed by atoms with van der Waals surface area (Å²) in [6, 6.07) is -2.03. The molecule has 7 nitrogen and oxygen atoms in total. The van der Waals surface area contributed by atoms with Gasteiger partial charge in [0.15, 0.2) is 6.04 Å². The van der Waals surface area contributed by atoms with Crippen LogP contribution in [0.25, 0.3) is 0 Å². The van der Waals surface area contributed by atoms with E-state index in [4.69, 9.17) is 5.11 Å². The third-order valence-corrected chi connectivity index (χ3v) is 3.52. The van der Waals surface area contributed by atoms with E-state index in [1.807, 2.05) is 0 Å². The first-order chi connectivity index (χ1) is 8.74.